The van der Waals surface area contributed by atoms with Crippen LogP contribution in [0.25, 0.3) is 22.2 Å². The summed E-state index contributed by atoms with van der Waals surface area (Å²) >= 11 is 0. The van der Waals surface area contributed by atoms with Gasteiger partial charge in [0.05, 0.1) is 29.1 Å². The molecule has 35 heavy (non-hydrogen) atoms. The van der Waals surface area contributed by atoms with Gasteiger partial charge in [0.1, 0.15) is 0 Å². The van der Waals surface area contributed by atoms with Crippen molar-refractivity contribution in [3.05, 3.63) is 29.8 Å². The van der Waals surface area contributed by atoms with Crippen LogP contribution in [-0.4, -0.2) is 48.9 Å². The highest BCUT2D eigenvalue weighted by atomic mass is 16.4. The van der Waals surface area contributed by atoms with E-state index in [4.69, 9.17) is 5.10 Å². The van der Waals surface area contributed by atoms with Crippen LogP contribution in [0.1, 0.15) is 86.9 Å². The first kappa shape index (κ1) is 23.2. The van der Waals surface area contributed by atoms with Crippen LogP contribution in [0.4, 0.5) is 5.95 Å². The van der Waals surface area contributed by atoms with Gasteiger partial charge in [0.25, 0.3) is 0 Å². The quantitative estimate of drug-likeness (QED) is 0.552. The van der Waals surface area contributed by atoms with Gasteiger partial charge in [-0.2, -0.15) is 10.4 Å². The smallest absolute Gasteiger partial charge is 0.354 e. The summed E-state index contributed by atoms with van der Waals surface area (Å²) in [5.74, 6) is -0.331. The lowest BCUT2D eigenvalue weighted by atomic mass is 9.95. The van der Waals surface area contributed by atoms with Crippen molar-refractivity contribution in [2.75, 3.05) is 18.0 Å². The minimum atomic E-state index is -1.07. The van der Waals surface area contributed by atoms with E-state index in [1.165, 1.54) is 6.42 Å². The summed E-state index contributed by atoms with van der Waals surface area (Å²) in [6.45, 7) is 5.66. The number of carboxylic acid groups (broad SMARTS) is 1. The van der Waals surface area contributed by atoms with Crippen LogP contribution >= 0.6 is 0 Å². The number of rotatable bonds is 5. The summed E-state index contributed by atoms with van der Waals surface area (Å²) in [4.78, 5) is 27.9. The molecule has 0 aromatic carbocycles. The third-order valence-electron chi connectivity index (χ3n) is 7.21. The Labute approximate surface area is 204 Å². The largest absolute Gasteiger partial charge is 0.477 e. The molecule has 1 saturated heterocycles. The monoisotopic (exact) mass is 473 g/mol. The van der Waals surface area contributed by atoms with Crippen molar-refractivity contribution < 1.29 is 9.90 Å². The van der Waals surface area contributed by atoms with Gasteiger partial charge in [-0.15, -0.1) is 0 Å². The highest BCUT2D eigenvalue weighted by Crippen LogP contribution is 2.38. The Balaban J connectivity index is 1.62. The van der Waals surface area contributed by atoms with E-state index >= 15 is 0 Å². The van der Waals surface area contributed by atoms with Crippen LogP contribution in [0.5, 0.6) is 0 Å². The maximum absolute atomic E-state index is 12.0. The lowest BCUT2D eigenvalue weighted by molar-refractivity contribution is 0.0691. The highest BCUT2D eigenvalue weighted by Gasteiger charge is 2.27. The van der Waals surface area contributed by atoms with E-state index in [9.17, 15) is 15.2 Å². The van der Waals surface area contributed by atoms with Crippen LogP contribution < -0.4 is 4.90 Å². The number of nitriles is 1. The minimum Gasteiger partial charge on any atom is -0.477 e. The van der Waals surface area contributed by atoms with Gasteiger partial charge in [0.2, 0.25) is 5.95 Å². The van der Waals surface area contributed by atoms with E-state index in [1.54, 1.807) is 18.5 Å². The SMILES string of the molecule is CC(C)c1nn(C2CCCCC2)c2nc(C(=O)O)cc(-c3cnc(N4CCCC(C#N)C4)nc3)c12. The summed E-state index contributed by atoms with van der Waals surface area (Å²) in [5.41, 5.74) is 3.03. The third-order valence-corrected chi connectivity index (χ3v) is 7.21. The molecule has 2 aliphatic rings. The molecule has 1 aliphatic heterocycles. The molecule has 0 bridgehead atoms. The molecule has 2 fully saturated rings. The number of pyridine rings is 1. The van der Waals surface area contributed by atoms with Gasteiger partial charge in [0.15, 0.2) is 11.3 Å². The maximum Gasteiger partial charge on any atom is 0.354 e. The first-order chi connectivity index (χ1) is 17.0. The number of aromatic nitrogens is 5. The van der Waals surface area contributed by atoms with Crippen molar-refractivity contribution >= 4 is 23.0 Å². The first-order valence-corrected chi connectivity index (χ1v) is 12.6. The van der Waals surface area contributed by atoms with Gasteiger partial charge in [-0.3, -0.25) is 0 Å². The Morgan fingerprint density at radius 3 is 2.54 bits per heavy atom. The average Bonchev–Trinajstić information content (AvgIpc) is 3.29. The summed E-state index contributed by atoms with van der Waals surface area (Å²) in [6, 6.07) is 4.20. The summed E-state index contributed by atoms with van der Waals surface area (Å²) in [7, 11) is 0. The predicted molar refractivity (Wildman–Crippen MR) is 132 cm³/mol. The van der Waals surface area contributed by atoms with Gasteiger partial charge in [-0.25, -0.2) is 24.4 Å². The normalized spacial score (nSPS) is 19.3. The fourth-order valence-corrected chi connectivity index (χ4v) is 5.37. The maximum atomic E-state index is 12.0. The van der Waals surface area contributed by atoms with E-state index in [2.05, 4.69) is 34.9 Å². The van der Waals surface area contributed by atoms with E-state index in [1.807, 2.05) is 9.58 Å². The minimum absolute atomic E-state index is 0.00302. The Kier molecular flexibility index (Phi) is 6.37. The van der Waals surface area contributed by atoms with Crippen molar-refractivity contribution in [1.82, 2.24) is 24.7 Å². The highest BCUT2D eigenvalue weighted by molar-refractivity contribution is 5.99. The molecule has 9 heteroatoms. The summed E-state index contributed by atoms with van der Waals surface area (Å²) < 4.78 is 1.98. The zero-order valence-corrected chi connectivity index (χ0v) is 20.3. The number of piperidine rings is 1. The van der Waals surface area contributed by atoms with Crippen LogP contribution in [0, 0.1) is 17.2 Å². The summed E-state index contributed by atoms with van der Waals surface area (Å²) in [5, 5.41) is 25.0. The molecule has 5 rings (SSSR count). The summed E-state index contributed by atoms with van der Waals surface area (Å²) in [6.07, 6.45) is 10.9. The van der Waals surface area contributed by atoms with Crippen LogP contribution in [-0.2, 0) is 0 Å². The Morgan fingerprint density at radius 2 is 1.89 bits per heavy atom. The molecule has 182 valence electrons. The molecule has 1 atom stereocenters. The van der Waals surface area contributed by atoms with E-state index < -0.39 is 5.97 Å². The Morgan fingerprint density at radius 1 is 1.14 bits per heavy atom. The fourth-order valence-electron chi connectivity index (χ4n) is 5.37. The van der Waals surface area contributed by atoms with Gasteiger partial charge < -0.3 is 10.0 Å². The number of nitrogens with zero attached hydrogens (tertiary/aromatic N) is 7. The van der Waals surface area contributed by atoms with Gasteiger partial charge >= 0.3 is 5.97 Å². The fraction of sp³-hybridized carbons (Fsp3) is 0.538. The molecule has 3 aromatic rings. The average molecular weight is 474 g/mol. The third kappa shape index (κ3) is 4.45. The van der Waals surface area contributed by atoms with Gasteiger partial charge in [0, 0.05) is 36.6 Å². The van der Waals surface area contributed by atoms with Gasteiger partial charge in [-0.1, -0.05) is 33.1 Å². The number of aromatic carboxylic acids is 1. The van der Waals surface area contributed by atoms with E-state index in [-0.39, 0.29) is 23.6 Å². The zero-order valence-electron chi connectivity index (χ0n) is 20.3. The number of carbonyl (C=O) groups is 1. The molecule has 1 aliphatic carbocycles. The molecular formula is C26H31N7O2. The molecule has 3 aromatic heterocycles. The second kappa shape index (κ2) is 9.61. The van der Waals surface area contributed by atoms with Crippen molar-refractivity contribution in [3.8, 4) is 17.2 Å². The molecule has 1 N–H and O–H groups in total. The molecule has 0 amide bonds. The van der Waals surface area contributed by atoms with Crippen molar-refractivity contribution in [1.29, 1.82) is 5.26 Å². The van der Waals surface area contributed by atoms with Crippen molar-refractivity contribution in [2.45, 2.75) is 70.8 Å². The molecule has 4 heterocycles. The molecule has 9 nitrogen and oxygen atoms in total. The van der Waals surface area contributed by atoms with Crippen molar-refractivity contribution in [3.63, 3.8) is 0 Å². The molecule has 0 spiro atoms. The molecule has 1 saturated carbocycles. The van der Waals surface area contributed by atoms with Crippen LogP contribution in [0.3, 0.4) is 0 Å². The van der Waals surface area contributed by atoms with Crippen LogP contribution in [0.15, 0.2) is 18.5 Å². The number of anilines is 1. The second-order valence-electron chi connectivity index (χ2n) is 10.0. The predicted octanol–water partition coefficient (Wildman–Crippen LogP) is 4.96. The van der Waals surface area contributed by atoms with E-state index in [0.717, 1.165) is 67.3 Å². The Hall–Kier alpha value is -3.54. The van der Waals surface area contributed by atoms with E-state index in [0.29, 0.717) is 18.1 Å². The Bertz CT molecular complexity index is 1270. The number of fused-ring (bicyclic) bond motifs is 1. The molecule has 0 radical (unpaired) electrons. The number of hydrogen-bond acceptors (Lipinski definition) is 7. The molecular weight excluding hydrogens is 442 g/mol. The van der Waals surface area contributed by atoms with Crippen LogP contribution in [0.2, 0.25) is 0 Å². The zero-order chi connectivity index (χ0) is 24.5. The lowest BCUT2D eigenvalue weighted by Gasteiger charge is -2.29. The van der Waals surface area contributed by atoms with Gasteiger partial charge in [-0.05, 0) is 37.7 Å². The topological polar surface area (TPSA) is 121 Å². The lowest BCUT2D eigenvalue weighted by Crippen LogP contribution is -2.35. The second-order valence-corrected chi connectivity index (χ2v) is 10.0. The first-order valence-electron chi connectivity index (χ1n) is 12.6. The number of hydrogen-bond donors (Lipinski definition) is 1. The molecule has 1 unspecified atom stereocenters. The standard InChI is InChI=1S/C26H31N7O2/c1-16(2)23-22-20(18-13-28-26(29-14-18)32-10-6-7-17(12-27)15-32)11-21(25(34)35)30-24(22)33(31-23)19-8-4-3-5-9-19/h11,13-14,16-17,19H,3-10,15H2,1-2H3,(H,34,35). The number of carboxylic acids is 1. The van der Waals surface area contributed by atoms with Crippen molar-refractivity contribution in [2.24, 2.45) is 5.92 Å².